The molecule has 0 saturated carbocycles. The lowest BCUT2D eigenvalue weighted by atomic mass is 9.85. The van der Waals surface area contributed by atoms with Gasteiger partial charge in [0.05, 0.1) is 45.1 Å². The molecule has 4 atom stereocenters. The van der Waals surface area contributed by atoms with Crippen LogP contribution in [0, 0.1) is 41.5 Å². The minimum absolute atomic E-state index is 0.100. The van der Waals surface area contributed by atoms with Gasteiger partial charge >= 0.3 is 0 Å². The maximum absolute atomic E-state index is 6.21. The molecule has 20 heteroatoms. The van der Waals surface area contributed by atoms with E-state index in [0.29, 0.717) is 0 Å². The van der Waals surface area contributed by atoms with Crippen molar-refractivity contribution >= 4 is 122 Å². The molecular weight excluding hydrogens is 1510 g/mol. The summed E-state index contributed by atoms with van der Waals surface area (Å²) in [5.41, 5.74) is 21.1. The molecule has 0 amide bonds. The molecule has 12 heterocycles. The molecule has 0 radical (unpaired) electrons. The number of aryl methyl sites for hydroxylation is 9. The van der Waals surface area contributed by atoms with Crippen LogP contribution in [0.1, 0.15) is 139 Å². The Morgan fingerprint density at radius 2 is 0.672 bits per heavy atom. The number of rotatable bonds is 12. The van der Waals surface area contributed by atoms with Gasteiger partial charge in [-0.15, -0.1) is 0 Å². The van der Waals surface area contributed by atoms with Crippen molar-refractivity contribution in [3.8, 4) is 0 Å². The molecule has 0 spiro atoms. The molecule has 21 rings (SSSR count). The summed E-state index contributed by atoms with van der Waals surface area (Å²) in [7, 11) is 8.18. The SMILES string of the molecule is Cc1cc(N2C=CN(C(C)(C)c3c(C)ccc4oc5ccccc5c34)[C@@H]2C)n(C)n1.Cc1ccc2oc3ccccc3c2c1C(C)(C)N1C=CN(c2nc3ccccc3n2C)[C@H]1C.Cc1ccc2oc3ccccc3c2c1C(C)(C)N1C=CN(c2ncc(C)n2C)[C@H]1C.Cc1ccc2oc3ccccc3c2c1C(C)(C)N1C=CN(c2nccn2C)[C@H]1C. The second-order valence-corrected chi connectivity index (χ2v) is 35.5. The largest absolute Gasteiger partial charge is 0.456 e. The highest BCUT2D eigenvalue weighted by Crippen LogP contribution is 2.50. The number of benzene rings is 9. The predicted octanol–water partition coefficient (Wildman–Crippen LogP) is 23.8. The van der Waals surface area contributed by atoms with E-state index in [1.165, 1.54) is 87.6 Å². The van der Waals surface area contributed by atoms with E-state index in [9.17, 15) is 0 Å². The third kappa shape index (κ3) is 12.8. The zero-order valence-corrected chi connectivity index (χ0v) is 74.2. The first-order chi connectivity index (χ1) is 58.4. The van der Waals surface area contributed by atoms with Gasteiger partial charge in [0.15, 0.2) is 0 Å². The molecular formula is C102H110N16O4. The normalized spacial score (nSPS) is 17.0. The lowest BCUT2D eigenvalue weighted by Crippen LogP contribution is -2.47. The minimum atomic E-state index is -0.272. The third-order valence-electron chi connectivity index (χ3n) is 26.5. The number of hydrogen-bond acceptors (Lipinski definition) is 16. The highest BCUT2D eigenvalue weighted by atomic mass is 16.3. The minimum Gasteiger partial charge on any atom is -0.456 e. The van der Waals surface area contributed by atoms with Crippen LogP contribution in [-0.2, 0) is 50.3 Å². The van der Waals surface area contributed by atoms with Gasteiger partial charge in [0.1, 0.15) is 75.1 Å². The fourth-order valence-corrected chi connectivity index (χ4v) is 20.6. The van der Waals surface area contributed by atoms with Gasteiger partial charge in [0.2, 0.25) is 17.8 Å². The average molecular weight is 1620 g/mol. The third-order valence-corrected chi connectivity index (χ3v) is 26.5. The molecule has 8 aromatic heterocycles. The van der Waals surface area contributed by atoms with Crippen LogP contribution in [-0.4, -0.2) is 82.7 Å². The van der Waals surface area contributed by atoms with E-state index in [-0.39, 0.29) is 46.8 Å². The molecule has 4 aliphatic heterocycles. The van der Waals surface area contributed by atoms with E-state index in [1.807, 2.05) is 103 Å². The Morgan fingerprint density at radius 3 is 1.01 bits per heavy atom. The van der Waals surface area contributed by atoms with E-state index in [0.717, 1.165) is 90.7 Å². The van der Waals surface area contributed by atoms with Crippen molar-refractivity contribution in [2.45, 2.75) is 171 Å². The molecule has 20 nitrogen and oxygen atoms in total. The smallest absolute Gasteiger partial charge is 0.212 e. The quantitative estimate of drug-likeness (QED) is 0.114. The molecule has 122 heavy (non-hydrogen) atoms. The van der Waals surface area contributed by atoms with E-state index >= 15 is 0 Å². The van der Waals surface area contributed by atoms with Crippen LogP contribution < -0.4 is 19.6 Å². The Balaban J connectivity index is 0.000000111. The number of aromatic nitrogens is 8. The highest BCUT2D eigenvalue weighted by Gasteiger charge is 2.44. The van der Waals surface area contributed by atoms with Crippen molar-refractivity contribution in [2.24, 2.45) is 28.2 Å². The zero-order chi connectivity index (χ0) is 85.7. The maximum atomic E-state index is 6.21. The van der Waals surface area contributed by atoms with Crippen molar-refractivity contribution in [2.75, 3.05) is 19.6 Å². The molecule has 0 bridgehead atoms. The molecule has 0 saturated heterocycles. The summed E-state index contributed by atoms with van der Waals surface area (Å²) in [5.74, 6) is 3.94. The van der Waals surface area contributed by atoms with E-state index in [4.69, 9.17) is 22.7 Å². The highest BCUT2D eigenvalue weighted by molar-refractivity contribution is 6.10. The first-order valence-corrected chi connectivity index (χ1v) is 42.4. The van der Waals surface area contributed by atoms with Gasteiger partial charge in [-0.2, -0.15) is 5.10 Å². The number of imidazole rings is 3. The van der Waals surface area contributed by atoms with Crippen LogP contribution in [0.25, 0.3) is 98.8 Å². The van der Waals surface area contributed by atoms with Gasteiger partial charge in [-0.1, -0.05) is 109 Å². The summed E-state index contributed by atoms with van der Waals surface area (Å²) in [4.78, 5) is 32.8. The summed E-state index contributed by atoms with van der Waals surface area (Å²) < 4.78 is 33.0. The van der Waals surface area contributed by atoms with Crippen LogP contribution in [0.3, 0.4) is 0 Å². The summed E-state index contributed by atoms with van der Waals surface area (Å²) >= 11 is 0. The van der Waals surface area contributed by atoms with Crippen LogP contribution in [0.5, 0.6) is 0 Å². The second-order valence-electron chi connectivity index (χ2n) is 35.5. The van der Waals surface area contributed by atoms with Gasteiger partial charge in [-0.25, -0.2) is 15.0 Å². The molecule has 17 aromatic rings. The van der Waals surface area contributed by atoms with Crippen LogP contribution in [0.15, 0.2) is 262 Å². The van der Waals surface area contributed by atoms with Gasteiger partial charge < -0.3 is 55.9 Å². The molecule has 0 fully saturated rings. The molecule has 0 aliphatic carbocycles. The van der Waals surface area contributed by atoms with Gasteiger partial charge in [-0.3, -0.25) is 19.4 Å². The number of para-hydroxylation sites is 6. The van der Waals surface area contributed by atoms with Gasteiger partial charge in [0.25, 0.3) is 0 Å². The summed E-state index contributed by atoms with van der Waals surface area (Å²) in [5, 5.41) is 14.1. The van der Waals surface area contributed by atoms with Crippen LogP contribution in [0.4, 0.5) is 23.7 Å². The summed E-state index contributed by atoms with van der Waals surface area (Å²) in [6.07, 6.45) is 23.6. The lowest BCUT2D eigenvalue weighted by Gasteiger charge is -2.42. The number of nitrogens with zero attached hydrogens (tertiary/aromatic N) is 16. The number of fused-ring (bicyclic) bond motifs is 13. The van der Waals surface area contributed by atoms with Crippen molar-refractivity contribution < 1.29 is 17.7 Å². The molecule has 0 N–H and O–H groups in total. The first kappa shape index (κ1) is 79.7. The van der Waals surface area contributed by atoms with E-state index in [2.05, 4.69) is 366 Å². The Bertz CT molecular complexity index is 6900. The molecule has 4 aliphatic rings. The predicted molar refractivity (Wildman–Crippen MR) is 497 cm³/mol. The fraction of sp³-hybridized carbons (Fsp3) is 0.294. The zero-order valence-electron chi connectivity index (χ0n) is 74.2. The fourth-order valence-electron chi connectivity index (χ4n) is 20.6. The topological polar surface area (TPSA) is 150 Å². The van der Waals surface area contributed by atoms with E-state index < -0.39 is 0 Å². The summed E-state index contributed by atoms with van der Waals surface area (Å²) in [6.45, 7) is 40.2. The first-order valence-electron chi connectivity index (χ1n) is 42.4. The second kappa shape index (κ2) is 29.8. The Labute approximate surface area is 713 Å². The molecule has 9 aromatic carbocycles. The van der Waals surface area contributed by atoms with Crippen LogP contribution >= 0.6 is 0 Å². The maximum Gasteiger partial charge on any atom is 0.212 e. The van der Waals surface area contributed by atoms with E-state index in [1.54, 1.807) is 0 Å². The average Bonchev–Trinajstić information content (AvgIpc) is 1.61. The van der Waals surface area contributed by atoms with Crippen molar-refractivity contribution in [1.29, 1.82) is 0 Å². The van der Waals surface area contributed by atoms with Crippen molar-refractivity contribution in [3.05, 3.63) is 300 Å². The standard InChI is InChI=1S/C28H28N4O.2C25H28N4O.C24H26N4O/c1-18-14-15-24-25(20-10-6-9-13-23(20)33-24)26(18)28(3,4)32-17-16-31(19(32)2)27-29-21-11-7-8-12-22(21)30(27)5;1-16-11-12-21-22(19-9-7-8-10-20(19)30-21)23(16)25(4,5)29-14-13-28(18(29)3)24-26-15-17(2)27(24)6;1-16-11-12-21-23(19-9-7-8-10-20(19)30-21)24(16)25(4,5)29-14-13-28(18(29)3)22-15-17(2)26-27(22)6;1-16-10-11-20-21(18-8-6-7-9-19(18)29-20)22(16)24(3,4)28-15-14-27(17(28)2)23-25-12-13-26(23)5/h6-17,19H,1-5H3;2*7-15,18H,1-6H3;6-15,17H,1-5H3/t19-;2*18-;17-/m1111/s1. The Hall–Kier alpha value is -13.4. The van der Waals surface area contributed by atoms with Crippen molar-refractivity contribution in [3.63, 3.8) is 0 Å². The monoisotopic (exact) mass is 1620 g/mol. The summed E-state index contributed by atoms with van der Waals surface area (Å²) in [6, 6.07) is 60.8. The lowest BCUT2D eigenvalue weighted by molar-refractivity contribution is 0.153. The Morgan fingerprint density at radius 1 is 0.336 bits per heavy atom. The number of furan rings is 4. The Kier molecular flexibility index (Phi) is 19.5. The van der Waals surface area contributed by atoms with Gasteiger partial charge in [-0.05, 0) is 230 Å². The van der Waals surface area contributed by atoms with Gasteiger partial charge in [0, 0.05) is 145 Å². The van der Waals surface area contributed by atoms with Crippen molar-refractivity contribution in [1.82, 2.24) is 58.0 Å². The number of hydrogen-bond donors (Lipinski definition) is 0. The van der Waals surface area contributed by atoms with Crippen LogP contribution in [0.2, 0.25) is 0 Å². The molecule has 622 valence electrons. The molecule has 0 unspecified atom stereocenters. The number of anilines is 4.